The maximum atomic E-state index is 12.3. The highest BCUT2D eigenvalue weighted by Crippen LogP contribution is 2.19. The molecular weight excluding hydrogens is 380 g/mol. The Hall–Kier alpha value is -3.87. The minimum atomic E-state index is -0.841. The number of carbonyl (C=O) groups excluding carboxylic acids is 2. The molecule has 0 spiro atoms. The van der Waals surface area contributed by atoms with Gasteiger partial charge in [-0.25, -0.2) is 9.59 Å². The summed E-state index contributed by atoms with van der Waals surface area (Å²) >= 11 is 5.81. The second kappa shape index (κ2) is 9.72. The summed E-state index contributed by atoms with van der Waals surface area (Å²) < 4.78 is 9.74. The fourth-order valence-corrected chi connectivity index (χ4v) is 2.23. The third-order valence-corrected chi connectivity index (χ3v) is 3.68. The first-order valence-corrected chi connectivity index (χ1v) is 8.24. The van der Waals surface area contributed by atoms with E-state index in [9.17, 15) is 14.9 Å². The Morgan fingerprint density at radius 1 is 0.929 bits per heavy atom. The quantitative estimate of drug-likeness (QED) is 0.330. The highest BCUT2D eigenvalue weighted by atomic mass is 35.5. The number of nitrogens with zero attached hydrogens (tertiary/aromatic N) is 2. The summed E-state index contributed by atoms with van der Waals surface area (Å²) in [4.78, 5) is 23.8. The fourth-order valence-electron chi connectivity index (χ4n) is 2.11. The summed E-state index contributed by atoms with van der Waals surface area (Å²) in [5, 5.41) is 18.8. The van der Waals surface area contributed by atoms with Crippen LogP contribution in [-0.4, -0.2) is 19.0 Å². The van der Waals surface area contributed by atoms with Crippen molar-refractivity contribution >= 4 is 35.7 Å². The minimum absolute atomic E-state index is 0.151. The monoisotopic (exact) mass is 392 g/mol. The number of rotatable bonds is 5. The Morgan fingerprint density at radius 3 is 2.14 bits per heavy atom. The molecule has 0 heterocycles. The van der Waals surface area contributed by atoms with E-state index in [4.69, 9.17) is 21.6 Å². The Balaban J connectivity index is 2.23. The van der Waals surface area contributed by atoms with Crippen LogP contribution in [0.15, 0.2) is 59.7 Å². The maximum absolute atomic E-state index is 12.3. The Labute approximate surface area is 166 Å². The number of ether oxygens (including phenoxy) is 2. The molecule has 0 unspecified atom stereocenters. The molecule has 6 nitrogen and oxygen atoms in total. The zero-order valence-electron chi connectivity index (χ0n) is 14.7. The van der Waals surface area contributed by atoms with Crippen LogP contribution in [-0.2, 0) is 14.3 Å². The minimum Gasteiger partial charge on any atom is -0.465 e. The van der Waals surface area contributed by atoms with Gasteiger partial charge in [-0.15, -0.1) is 0 Å². The molecule has 0 aliphatic rings. The van der Waals surface area contributed by atoms with E-state index >= 15 is 0 Å². The van der Waals surface area contributed by atoms with E-state index < -0.39 is 11.9 Å². The van der Waals surface area contributed by atoms with E-state index in [2.05, 4.69) is 4.74 Å². The molecule has 138 valence electrons. The summed E-state index contributed by atoms with van der Waals surface area (Å²) in [5.74, 6) is -1.47. The van der Waals surface area contributed by atoms with Crippen molar-refractivity contribution in [3.63, 3.8) is 0 Å². The van der Waals surface area contributed by atoms with Gasteiger partial charge in [0.05, 0.1) is 7.11 Å². The van der Waals surface area contributed by atoms with Crippen LogP contribution in [0, 0.1) is 22.7 Å². The first kappa shape index (κ1) is 20.4. The molecule has 2 aromatic rings. The van der Waals surface area contributed by atoms with Crippen LogP contribution >= 0.6 is 11.6 Å². The van der Waals surface area contributed by atoms with E-state index in [1.807, 2.05) is 0 Å². The Kier molecular flexibility index (Phi) is 7.10. The largest absolute Gasteiger partial charge is 0.465 e. The number of hydrogen-bond acceptors (Lipinski definition) is 6. The number of benzene rings is 2. The predicted octanol–water partition coefficient (Wildman–Crippen LogP) is 3.93. The summed E-state index contributed by atoms with van der Waals surface area (Å²) in [6.45, 7) is 0. The van der Waals surface area contributed by atoms with Gasteiger partial charge >= 0.3 is 11.9 Å². The number of hydrogen-bond donors (Lipinski definition) is 0. The van der Waals surface area contributed by atoms with Gasteiger partial charge in [0.2, 0.25) is 0 Å². The van der Waals surface area contributed by atoms with E-state index in [-0.39, 0.29) is 16.9 Å². The van der Waals surface area contributed by atoms with E-state index in [1.165, 1.54) is 31.4 Å². The lowest BCUT2D eigenvalue weighted by Crippen LogP contribution is -2.10. The second-order valence-corrected chi connectivity index (χ2v) is 5.78. The van der Waals surface area contributed by atoms with Crippen LogP contribution in [0.3, 0.4) is 0 Å². The average molecular weight is 393 g/mol. The average Bonchev–Trinajstić information content (AvgIpc) is 2.71. The topological polar surface area (TPSA) is 100 Å². The molecule has 0 N–H and O–H groups in total. The molecule has 0 aliphatic carbocycles. The van der Waals surface area contributed by atoms with Crippen LogP contribution in [0.1, 0.15) is 11.1 Å². The van der Waals surface area contributed by atoms with Gasteiger partial charge in [0.15, 0.2) is 0 Å². The Morgan fingerprint density at radius 2 is 1.54 bits per heavy atom. The van der Waals surface area contributed by atoms with Crippen molar-refractivity contribution in [1.82, 2.24) is 0 Å². The van der Waals surface area contributed by atoms with Crippen LogP contribution < -0.4 is 4.74 Å². The molecule has 2 aromatic carbocycles. The number of esters is 2. The van der Waals surface area contributed by atoms with Crippen LogP contribution in [0.25, 0.3) is 12.2 Å². The van der Waals surface area contributed by atoms with Crippen molar-refractivity contribution in [2.75, 3.05) is 7.11 Å². The van der Waals surface area contributed by atoms with Crippen molar-refractivity contribution in [1.29, 1.82) is 10.5 Å². The molecule has 0 bridgehead atoms. The Bertz CT molecular complexity index is 1040. The van der Waals surface area contributed by atoms with Gasteiger partial charge in [0.1, 0.15) is 29.0 Å². The van der Waals surface area contributed by atoms with Gasteiger partial charge in [-0.1, -0.05) is 35.9 Å². The van der Waals surface area contributed by atoms with E-state index in [1.54, 1.807) is 48.5 Å². The van der Waals surface area contributed by atoms with Gasteiger partial charge in [-0.05, 0) is 47.5 Å². The molecule has 0 aliphatic heterocycles. The lowest BCUT2D eigenvalue weighted by Gasteiger charge is -2.05. The van der Waals surface area contributed by atoms with E-state index in [0.717, 1.165) is 0 Å². The molecule has 0 saturated heterocycles. The predicted molar refractivity (Wildman–Crippen MR) is 103 cm³/mol. The van der Waals surface area contributed by atoms with E-state index in [0.29, 0.717) is 16.1 Å². The van der Waals surface area contributed by atoms with Crippen molar-refractivity contribution in [3.8, 4) is 17.9 Å². The second-order valence-electron chi connectivity index (χ2n) is 5.34. The number of carbonyl (C=O) groups is 2. The highest BCUT2D eigenvalue weighted by Gasteiger charge is 2.13. The standard InChI is InChI=1S/C21H13ClN2O4/c1-27-20(25)16(12-23)10-15-3-2-4-19(11-15)28-21(26)17(13-24)9-14-5-7-18(22)8-6-14/h2-11H,1H3. The zero-order valence-corrected chi connectivity index (χ0v) is 15.4. The van der Waals surface area contributed by atoms with Gasteiger partial charge in [-0.2, -0.15) is 10.5 Å². The summed E-state index contributed by atoms with van der Waals surface area (Å²) in [6.07, 6.45) is 2.69. The van der Waals surface area contributed by atoms with Crippen molar-refractivity contribution in [2.45, 2.75) is 0 Å². The lowest BCUT2D eigenvalue weighted by atomic mass is 10.1. The van der Waals surface area contributed by atoms with Crippen molar-refractivity contribution in [3.05, 3.63) is 75.8 Å². The SMILES string of the molecule is COC(=O)C(C#N)=Cc1cccc(OC(=O)C(C#N)=Cc2ccc(Cl)cc2)c1. The first-order chi connectivity index (χ1) is 13.5. The van der Waals surface area contributed by atoms with Gasteiger partial charge in [-0.3, -0.25) is 0 Å². The third kappa shape index (κ3) is 5.57. The molecule has 2 rings (SSSR count). The van der Waals surface area contributed by atoms with Gasteiger partial charge in [0.25, 0.3) is 0 Å². The third-order valence-electron chi connectivity index (χ3n) is 3.43. The normalized spacial score (nSPS) is 11.1. The summed E-state index contributed by atoms with van der Waals surface area (Å²) in [7, 11) is 1.17. The summed E-state index contributed by atoms with van der Waals surface area (Å²) in [6, 6.07) is 16.3. The first-order valence-electron chi connectivity index (χ1n) is 7.86. The van der Waals surface area contributed by atoms with Gasteiger partial charge < -0.3 is 9.47 Å². The maximum Gasteiger partial charge on any atom is 0.354 e. The molecule has 0 aromatic heterocycles. The molecule has 0 atom stereocenters. The van der Waals surface area contributed by atoms with Crippen LogP contribution in [0.4, 0.5) is 0 Å². The van der Waals surface area contributed by atoms with Crippen LogP contribution in [0.5, 0.6) is 5.75 Å². The highest BCUT2D eigenvalue weighted by molar-refractivity contribution is 6.30. The molecule has 0 amide bonds. The number of nitriles is 2. The van der Waals surface area contributed by atoms with Gasteiger partial charge in [0, 0.05) is 5.02 Å². The fraction of sp³-hybridized carbons (Fsp3) is 0.0476. The number of methoxy groups -OCH3 is 1. The number of halogens is 1. The molecule has 7 heteroatoms. The van der Waals surface area contributed by atoms with Crippen molar-refractivity contribution in [2.24, 2.45) is 0 Å². The molecule has 28 heavy (non-hydrogen) atoms. The molecular formula is C21H13ClN2O4. The lowest BCUT2D eigenvalue weighted by molar-refractivity contribution is -0.135. The summed E-state index contributed by atoms with van der Waals surface area (Å²) in [5.41, 5.74) is 0.667. The molecule has 0 saturated carbocycles. The zero-order chi connectivity index (χ0) is 20.5. The molecule has 0 fully saturated rings. The van der Waals surface area contributed by atoms with Crippen molar-refractivity contribution < 1.29 is 19.1 Å². The molecule has 0 radical (unpaired) electrons. The smallest absolute Gasteiger partial charge is 0.354 e. The van der Waals surface area contributed by atoms with Crippen LogP contribution in [0.2, 0.25) is 5.02 Å².